The molecule has 2 nitrogen and oxygen atoms in total. The highest BCUT2D eigenvalue weighted by Gasteiger charge is 2.41. The van der Waals surface area contributed by atoms with Crippen molar-refractivity contribution in [3.63, 3.8) is 0 Å². The van der Waals surface area contributed by atoms with Crippen molar-refractivity contribution in [2.75, 3.05) is 5.06 Å². The van der Waals surface area contributed by atoms with Crippen molar-refractivity contribution in [1.29, 1.82) is 0 Å². The van der Waals surface area contributed by atoms with Gasteiger partial charge in [-0.15, -0.1) is 0 Å². The van der Waals surface area contributed by atoms with Gasteiger partial charge < -0.3 is 0 Å². The fourth-order valence-corrected chi connectivity index (χ4v) is 5.16. The molecule has 2 atom stereocenters. The smallest absolute Gasteiger partial charge is 0.0921 e. The number of hydroxylamine groups is 1. The van der Waals surface area contributed by atoms with Crippen molar-refractivity contribution in [3.05, 3.63) is 74.2 Å². The molecule has 0 unspecified atom stereocenters. The molecule has 0 amide bonds. The maximum Gasteiger partial charge on any atom is 0.0921 e. The first-order valence-corrected chi connectivity index (χ1v) is 9.78. The molecule has 0 N–H and O–H groups in total. The Kier molecular flexibility index (Phi) is 3.75. The lowest BCUT2D eigenvalue weighted by atomic mass is 9.99. The summed E-state index contributed by atoms with van der Waals surface area (Å²) in [6.07, 6.45) is 2.01. The number of hydrogen-bond acceptors (Lipinski definition) is 2. The van der Waals surface area contributed by atoms with Crippen molar-refractivity contribution in [1.82, 2.24) is 0 Å². The van der Waals surface area contributed by atoms with E-state index < -0.39 is 0 Å². The Hall–Kier alpha value is -1.26. The van der Waals surface area contributed by atoms with E-state index >= 15 is 0 Å². The summed E-state index contributed by atoms with van der Waals surface area (Å²) in [6, 6.07) is 16.5. The molecule has 2 aliphatic rings. The van der Waals surface area contributed by atoms with E-state index in [2.05, 4.69) is 51.3 Å². The highest BCUT2D eigenvalue weighted by Crippen LogP contribution is 2.50. The van der Waals surface area contributed by atoms with Crippen LogP contribution in [0, 0.1) is 0 Å². The van der Waals surface area contributed by atoms with Crippen LogP contribution in [-0.4, -0.2) is 6.10 Å². The van der Waals surface area contributed by atoms with Crippen LogP contribution < -0.4 is 5.06 Å². The van der Waals surface area contributed by atoms with Crippen LogP contribution in [0.25, 0.3) is 10.8 Å². The molecular formula is C20H14BrCl2NO. The Bertz CT molecular complexity index is 1010. The van der Waals surface area contributed by atoms with Crippen LogP contribution in [0.1, 0.15) is 23.6 Å². The second kappa shape index (κ2) is 5.88. The Labute approximate surface area is 164 Å². The van der Waals surface area contributed by atoms with Crippen molar-refractivity contribution in [3.8, 4) is 0 Å². The van der Waals surface area contributed by atoms with Gasteiger partial charge in [0, 0.05) is 32.7 Å². The number of hydrogen-bond donors (Lipinski definition) is 0. The van der Waals surface area contributed by atoms with E-state index in [1.165, 1.54) is 16.3 Å². The summed E-state index contributed by atoms with van der Waals surface area (Å²) in [6.45, 7) is 0. The Morgan fingerprint density at radius 1 is 1.04 bits per heavy atom. The third-order valence-corrected chi connectivity index (χ3v) is 6.28. The number of nitrogens with zero attached hydrogens (tertiary/aromatic N) is 1. The molecule has 0 aliphatic carbocycles. The zero-order valence-electron chi connectivity index (χ0n) is 13.2. The molecule has 1 fully saturated rings. The molecule has 2 aliphatic heterocycles. The summed E-state index contributed by atoms with van der Waals surface area (Å²) in [7, 11) is 0. The molecule has 5 heteroatoms. The van der Waals surface area contributed by atoms with Crippen molar-refractivity contribution in [2.24, 2.45) is 0 Å². The van der Waals surface area contributed by atoms with Crippen molar-refractivity contribution in [2.45, 2.75) is 25.0 Å². The van der Waals surface area contributed by atoms with Gasteiger partial charge in [-0.1, -0.05) is 69.5 Å². The summed E-state index contributed by atoms with van der Waals surface area (Å²) in [5.41, 5.74) is 3.53. The molecule has 0 spiro atoms. The quantitative estimate of drug-likeness (QED) is 0.421. The minimum absolute atomic E-state index is 0.0978. The maximum atomic E-state index is 6.50. The van der Waals surface area contributed by atoms with Gasteiger partial charge in [0.15, 0.2) is 0 Å². The van der Waals surface area contributed by atoms with Crippen LogP contribution in [-0.2, 0) is 11.3 Å². The predicted octanol–water partition coefficient (Wildman–Crippen LogP) is 6.72. The average Bonchev–Trinajstić information content (AvgIpc) is 2.92. The van der Waals surface area contributed by atoms with Gasteiger partial charge >= 0.3 is 0 Å². The van der Waals surface area contributed by atoms with Gasteiger partial charge in [0.05, 0.1) is 17.8 Å². The first kappa shape index (κ1) is 16.0. The summed E-state index contributed by atoms with van der Waals surface area (Å²) in [5.74, 6) is 0. The average molecular weight is 435 g/mol. The van der Waals surface area contributed by atoms with Gasteiger partial charge in [-0.2, -0.15) is 0 Å². The number of fused-ring (bicyclic) bond motifs is 6. The van der Waals surface area contributed by atoms with Gasteiger partial charge in [0.1, 0.15) is 0 Å². The molecule has 5 rings (SSSR count). The van der Waals surface area contributed by atoms with E-state index in [-0.39, 0.29) is 12.1 Å². The van der Waals surface area contributed by atoms with Crippen LogP contribution in [0.4, 0.5) is 5.69 Å². The lowest BCUT2D eigenvalue weighted by molar-refractivity contribution is 0.0741. The van der Waals surface area contributed by atoms with E-state index in [0.717, 1.165) is 28.6 Å². The second-order valence-electron chi connectivity index (χ2n) is 6.59. The van der Waals surface area contributed by atoms with Gasteiger partial charge in [-0.05, 0) is 34.7 Å². The van der Waals surface area contributed by atoms with E-state index in [0.29, 0.717) is 10.0 Å². The maximum absolute atomic E-state index is 6.50. The van der Waals surface area contributed by atoms with Crippen LogP contribution in [0.15, 0.2) is 53.0 Å². The minimum atomic E-state index is 0.0978. The van der Waals surface area contributed by atoms with E-state index in [1.807, 2.05) is 18.2 Å². The van der Waals surface area contributed by atoms with E-state index in [1.54, 1.807) is 0 Å². The zero-order valence-corrected chi connectivity index (χ0v) is 16.3. The molecular weight excluding hydrogens is 421 g/mol. The molecule has 126 valence electrons. The largest absolute Gasteiger partial charge is 0.269 e. The van der Waals surface area contributed by atoms with Gasteiger partial charge in [0.2, 0.25) is 0 Å². The lowest BCUT2D eigenvalue weighted by Crippen LogP contribution is -2.28. The molecule has 3 aromatic rings. The fraction of sp³-hybridized carbons (Fsp3) is 0.200. The zero-order chi connectivity index (χ0) is 17.1. The number of benzene rings is 3. The van der Waals surface area contributed by atoms with Crippen molar-refractivity contribution >= 4 is 55.6 Å². The first-order chi connectivity index (χ1) is 12.1. The predicted molar refractivity (Wildman–Crippen MR) is 107 cm³/mol. The third kappa shape index (κ3) is 2.48. The summed E-state index contributed by atoms with van der Waals surface area (Å²) >= 11 is 16.3. The van der Waals surface area contributed by atoms with Gasteiger partial charge in [-0.3, -0.25) is 4.84 Å². The van der Waals surface area contributed by atoms with Crippen molar-refractivity contribution < 1.29 is 4.84 Å². The van der Waals surface area contributed by atoms with Gasteiger partial charge in [-0.25, -0.2) is 5.06 Å². The monoisotopic (exact) mass is 433 g/mol. The summed E-state index contributed by atoms with van der Waals surface area (Å²) in [4.78, 5) is 6.25. The number of rotatable bonds is 1. The highest BCUT2D eigenvalue weighted by molar-refractivity contribution is 9.10. The minimum Gasteiger partial charge on any atom is -0.269 e. The molecule has 0 aromatic heterocycles. The molecule has 0 radical (unpaired) electrons. The number of halogens is 3. The molecule has 3 aromatic carbocycles. The summed E-state index contributed by atoms with van der Waals surface area (Å²) in [5, 5.41) is 5.79. The lowest BCUT2D eigenvalue weighted by Gasteiger charge is -2.32. The SMILES string of the molecule is Clc1ccc([C@@H]2C[C@@H]3Cc4cc(Br)c5ccccc5c4N2O3)c(Cl)c1. The Morgan fingerprint density at radius 2 is 1.84 bits per heavy atom. The van der Waals surface area contributed by atoms with E-state index in [4.69, 9.17) is 28.0 Å². The third-order valence-electron chi connectivity index (χ3n) is 5.07. The molecule has 0 saturated carbocycles. The Morgan fingerprint density at radius 3 is 2.64 bits per heavy atom. The molecule has 2 bridgehead atoms. The Balaban J connectivity index is 1.71. The van der Waals surface area contributed by atoms with Crippen LogP contribution in [0.2, 0.25) is 10.0 Å². The second-order valence-corrected chi connectivity index (χ2v) is 8.28. The standard InChI is InChI=1S/C20H14BrCl2NO/c21-17-8-11-7-13-10-19(16-6-5-12(22)9-18(16)23)24(25-13)20(11)15-4-2-1-3-14(15)17/h1-6,8-9,13,19H,7,10H2/t13-,19-/m0/s1. The number of anilines is 1. The molecule has 2 heterocycles. The fourth-order valence-electron chi connectivity index (χ4n) is 4.01. The molecule has 1 saturated heterocycles. The van der Waals surface area contributed by atoms with Crippen LogP contribution in [0.5, 0.6) is 0 Å². The normalized spacial score (nSPS) is 21.6. The van der Waals surface area contributed by atoms with E-state index in [9.17, 15) is 0 Å². The topological polar surface area (TPSA) is 12.5 Å². The highest BCUT2D eigenvalue weighted by atomic mass is 79.9. The summed E-state index contributed by atoms with van der Waals surface area (Å²) < 4.78 is 1.13. The van der Waals surface area contributed by atoms with Crippen LogP contribution >= 0.6 is 39.1 Å². The van der Waals surface area contributed by atoms with Gasteiger partial charge in [0.25, 0.3) is 0 Å². The van der Waals surface area contributed by atoms with Crippen LogP contribution in [0.3, 0.4) is 0 Å². The first-order valence-electron chi connectivity index (χ1n) is 8.23. The molecule has 25 heavy (non-hydrogen) atoms.